The van der Waals surface area contributed by atoms with E-state index in [0.717, 1.165) is 0 Å². The summed E-state index contributed by atoms with van der Waals surface area (Å²) in [5.41, 5.74) is 0.989. The molecule has 0 fully saturated rings. The summed E-state index contributed by atoms with van der Waals surface area (Å²) < 4.78 is 10.5. The van der Waals surface area contributed by atoms with E-state index >= 15 is 0 Å². The van der Waals surface area contributed by atoms with Crippen molar-refractivity contribution in [1.29, 1.82) is 0 Å². The Labute approximate surface area is 105 Å². The van der Waals surface area contributed by atoms with Crippen LogP contribution in [0.3, 0.4) is 0 Å². The van der Waals surface area contributed by atoms with Crippen LogP contribution in [0, 0.1) is 0 Å². The second-order valence-electron chi connectivity index (χ2n) is 3.74. The van der Waals surface area contributed by atoms with Gasteiger partial charge in [0, 0.05) is 7.05 Å². The van der Waals surface area contributed by atoms with Gasteiger partial charge < -0.3 is 14.6 Å². The Bertz CT molecular complexity index is 517. The number of hydrogen-bond donors (Lipinski definition) is 1. The molecule has 1 unspecified atom stereocenters. The number of aliphatic hydroxyl groups excluding tert-OH is 1. The van der Waals surface area contributed by atoms with E-state index in [4.69, 9.17) is 9.47 Å². The molecule has 0 bridgehead atoms. The summed E-state index contributed by atoms with van der Waals surface area (Å²) in [6, 6.07) is 5.32. The summed E-state index contributed by atoms with van der Waals surface area (Å²) in [4.78, 5) is 1.39. The Morgan fingerprint density at radius 1 is 1.22 bits per heavy atom. The normalized spacial score (nSPS) is 12.2. The lowest BCUT2D eigenvalue weighted by Gasteiger charge is -2.16. The van der Waals surface area contributed by atoms with Gasteiger partial charge >= 0.3 is 0 Å². The molecule has 0 amide bonds. The highest BCUT2D eigenvalue weighted by atomic mass is 16.5. The molecule has 0 aliphatic rings. The number of rotatable bonds is 4. The molecule has 1 atom stereocenters. The number of ether oxygens (including phenoxy) is 2. The number of aliphatic hydroxyl groups is 1. The summed E-state index contributed by atoms with van der Waals surface area (Å²) in [5.74, 6) is 1.10. The summed E-state index contributed by atoms with van der Waals surface area (Å²) >= 11 is 0. The number of aryl methyl sites for hydroxylation is 1. The van der Waals surface area contributed by atoms with Crippen molar-refractivity contribution in [2.24, 2.45) is 7.05 Å². The Hall–Kier alpha value is -2.08. The fourth-order valence-corrected chi connectivity index (χ4v) is 1.78. The molecule has 6 heteroatoms. The number of nitrogens with zero attached hydrogens (tertiary/aromatic N) is 3. The first kappa shape index (κ1) is 12.4. The van der Waals surface area contributed by atoms with Crippen molar-refractivity contribution in [2.75, 3.05) is 14.2 Å². The molecule has 6 nitrogen and oxygen atoms in total. The van der Waals surface area contributed by atoms with Crippen molar-refractivity contribution < 1.29 is 14.6 Å². The molecule has 0 spiro atoms. The quantitative estimate of drug-likeness (QED) is 0.872. The van der Waals surface area contributed by atoms with Gasteiger partial charge in [0.1, 0.15) is 23.3 Å². The van der Waals surface area contributed by atoms with Gasteiger partial charge in [0.15, 0.2) is 0 Å². The van der Waals surface area contributed by atoms with Crippen molar-refractivity contribution in [2.45, 2.75) is 6.10 Å². The SMILES string of the molecule is COc1cccc(OC)c1C(O)c1cnn(C)n1. The van der Waals surface area contributed by atoms with Crippen LogP contribution >= 0.6 is 0 Å². The van der Waals surface area contributed by atoms with E-state index in [2.05, 4.69) is 10.2 Å². The molecule has 0 radical (unpaired) electrons. The predicted molar refractivity (Wildman–Crippen MR) is 64.6 cm³/mol. The van der Waals surface area contributed by atoms with Gasteiger partial charge in [0.05, 0.1) is 26.0 Å². The molecule has 1 aromatic carbocycles. The highest BCUT2D eigenvalue weighted by Gasteiger charge is 2.22. The van der Waals surface area contributed by atoms with Crippen LogP contribution in [0.2, 0.25) is 0 Å². The van der Waals surface area contributed by atoms with Gasteiger partial charge in [-0.25, -0.2) is 0 Å². The van der Waals surface area contributed by atoms with Crippen molar-refractivity contribution >= 4 is 0 Å². The Kier molecular flexibility index (Phi) is 3.47. The molecule has 0 aliphatic heterocycles. The Morgan fingerprint density at radius 3 is 2.28 bits per heavy atom. The van der Waals surface area contributed by atoms with Crippen molar-refractivity contribution in [3.05, 3.63) is 35.7 Å². The molecule has 0 saturated heterocycles. The first-order chi connectivity index (χ1) is 8.67. The van der Waals surface area contributed by atoms with Crippen molar-refractivity contribution in [3.8, 4) is 11.5 Å². The first-order valence-corrected chi connectivity index (χ1v) is 5.42. The largest absolute Gasteiger partial charge is 0.496 e. The van der Waals surface area contributed by atoms with Gasteiger partial charge in [-0.1, -0.05) is 6.07 Å². The van der Waals surface area contributed by atoms with Crippen LogP contribution < -0.4 is 9.47 Å². The van der Waals surface area contributed by atoms with E-state index in [1.807, 2.05) is 0 Å². The lowest BCUT2D eigenvalue weighted by atomic mass is 10.0. The molecule has 1 heterocycles. The summed E-state index contributed by atoms with van der Waals surface area (Å²) in [7, 11) is 4.78. The number of hydrogen-bond acceptors (Lipinski definition) is 5. The highest BCUT2D eigenvalue weighted by Crippen LogP contribution is 2.36. The lowest BCUT2D eigenvalue weighted by Crippen LogP contribution is -2.06. The topological polar surface area (TPSA) is 69.4 Å². The molecule has 18 heavy (non-hydrogen) atoms. The van der Waals surface area contributed by atoms with Crippen LogP contribution in [0.15, 0.2) is 24.4 Å². The third-order valence-corrected chi connectivity index (χ3v) is 2.64. The third-order valence-electron chi connectivity index (χ3n) is 2.64. The van der Waals surface area contributed by atoms with Crippen LogP contribution in [0.1, 0.15) is 17.4 Å². The molecule has 0 saturated carbocycles. The third kappa shape index (κ3) is 2.14. The molecular formula is C12H15N3O3. The van der Waals surface area contributed by atoms with Gasteiger partial charge in [-0.2, -0.15) is 15.0 Å². The Balaban J connectivity index is 2.48. The number of aromatic nitrogens is 3. The molecule has 1 aromatic heterocycles. The fourth-order valence-electron chi connectivity index (χ4n) is 1.78. The lowest BCUT2D eigenvalue weighted by molar-refractivity contribution is 0.203. The maximum Gasteiger partial charge on any atom is 0.132 e. The van der Waals surface area contributed by atoms with E-state index in [1.165, 1.54) is 11.0 Å². The Morgan fingerprint density at radius 2 is 1.83 bits per heavy atom. The smallest absolute Gasteiger partial charge is 0.132 e. The van der Waals surface area contributed by atoms with E-state index < -0.39 is 6.10 Å². The van der Waals surface area contributed by atoms with Gasteiger partial charge in [-0.15, -0.1) is 0 Å². The zero-order valence-electron chi connectivity index (χ0n) is 10.5. The van der Waals surface area contributed by atoms with E-state index in [-0.39, 0.29) is 0 Å². The van der Waals surface area contributed by atoms with Gasteiger partial charge in [-0.05, 0) is 12.1 Å². The summed E-state index contributed by atoms with van der Waals surface area (Å²) in [5, 5.41) is 18.4. The van der Waals surface area contributed by atoms with Crippen LogP contribution in [0.25, 0.3) is 0 Å². The van der Waals surface area contributed by atoms with Crippen LogP contribution in [-0.4, -0.2) is 34.3 Å². The molecule has 96 valence electrons. The fraction of sp³-hybridized carbons (Fsp3) is 0.333. The highest BCUT2D eigenvalue weighted by molar-refractivity contribution is 5.48. The summed E-state index contributed by atoms with van der Waals surface area (Å²) in [6.45, 7) is 0. The molecule has 2 aromatic rings. The second-order valence-corrected chi connectivity index (χ2v) is 3.74. The van der Waals surface area contributed by atoms with E-state index in [0.29, 0.717) is 22.8 Å². The molecule has 1 N–H and O–H groups in total. The maximum atomic E-state index is 10.4. The maximum absolute atomic E-state index is 10.4. The number of benzene rings is 1. The minimum atomic E-state index is -0.940. The molecule has 2 rings (SSSR count). The number of methoxy groups -OCH3 is 2. The van der Waals surface area contributed by atoms with Crippen molar-refractivity contribution in [3.63, 3.8) is 0 Å². The monoisotopic (exact) mass is 249 g/mol. The van der Waals surface area contributed by atoms with Crippen LogP contribution in [-0.2, 0) is 7.05 Å². The minimum absolute atomic E-state index is 0.445. The first-order valence-electron chi connectivity index (χ1n) is 5.42. The zero-order valence-corrected chi connectivity index (χ0v) is 10.5. The molecular weight excluding hydrogens is 234 g/mol. The predicted octanol–water partition coefficient (Wildman–Crippen LogP) is 0.914. The zero-order chi connectivity index (χ0) is 13.1. The van der Waals surface area contributed by atoms with Crippen LogP contribution in [0.5, 0.6) is 11.5 Å². The standard InChI is InChI=1S/C12H15N3O3/c1-15-13-7-8(14-15)12(16)11-9(17-2)5-4-6-10(11)18-3/h4-7,12,16H,1-3H3. The summed E-state index contributed by atoms with van der Waals surface area (Å²) in [6.07, 6.45) is 0.570. The van der Waals surface area contributed by atoms with E-state index in [9.17, 15) is 5.11 Å². The van der Waals surface area contributed by atoms with Gasteiger partial charge in [-0.3, -0.25) is 0 Å². The van der Waals surface area contributed by atoms with E-state index in [1.54, 1.807) is 39.5 Å². The second kappa shape index (κ2) is 5.05. The van der Waals surface area contributed by atoms with Crippen molar-refractivity contribution in [1.82, 2.24) is 15.0 Å². The van der Waals surface area contributed by atoms with Crippen LogP contribution in [0.4, 0.5) is 0 Å². The average molecular weight is 249 g/mol. The molecule has 0 aliphatic carbocycles. The van der Waals surface area contributed by atoms with Gasteiger partial charge in [0.25, 0.3) is 0 Å². The average Bonchev–Trinajstić information content (AvgIpc) is 2.83. The van der Waals surface area contributed by atoms with Gasteiger partial charge in [0.2, 0.25) is 0 Å². The minimum Gasteiger partial charge on any atom is -0.496 e.